The lowest BCUT2D eigenvalue weighted by Gasteiger charge is -2.12. The molecule has 0 aliphatic heterocycles. The highest BCUT2D eigenvalue weighted by molar-refractivity contribution is 8.00. The molecule has 0 spiro atoms. The van der Waals surface area contributed by atoms with Gasteiger partial charge in [-0.3, -0.25) is 4.79 Å². The monoisotopic (exact) mass is 312 g/mol. The van der Waals surface area contributed by atoms with E-state index in [-0.39, 0.29) is 40.5 Å². The van der Waals surface area contributed by atoms with Crippen molar-refractivity contribution in [3.63, 3.8) is 0 Å². The summed E-state index contributed by atoms with van der Waals surface area (Å²) in [4.78, 5) is 11.3. The average molecular weight is 313 g/mol. The summed E-state index contributed by atoms with van der Waals surface area (Å²) in [5, 5.41) is 0. The summed E-state index contributed by atoms with van der Waals surface area (Å²) < 4.78 is 42.1. The number of halogens is 4. The minimum atomic E-state index is -4.35. The van der Waals surface area contributed by atoms with E-state index in [0.717, 1.165) is 0 Å². The second-order valence-electron chi connectivity index (χ2n) is 3.60. The van der Waals surface area contributed by atoms with Gasteiger partial charge in [0.15, 0.2) is 5.78 Å². The molecule has 7 heteroatoms. The van der Waals surface area contributed by atoms with Crippen LogP contribution in [-0.2, 0) is 11.2 Å². The Morgan fingerprint density at radius 1 is 1.42 bits per heavy atom. The first kappa shape index (κ1) is 16.2. The Morgan fingerprint density at radius 3 is 2.63 bits per heavy atom. The number of rotatable bonds is 6. The highest BCUT2D eigenvalue weighted by Gasteiger charge is 2.29. The van der Waals surface area contributed by atoms with Crippen molar-refractivity contribution in [2.45, 2.75) is 23.7 Å². The Bertz CT molecular complexity index is 449. The molecule has 19 heavy (non-hydrogen) atoms. The molecular formula is C12H12ClF3O2S. The quantitative estimate of drug-likeness (QED) is 0.585. The van der Waals surface area contributed by atoms with Gasteiger partial charge < -0.3 is 4.74 Å². The van der Waals surface area contributed by atoms with Crippen LogP contribution in [0.3, 0.4) is 0 Å². The van der Waals surface area contributed by atoms with Crippen LogP contribution in [-0.4, -0.2) is 23.8 Å². The van der Waals surface area contributed by atoms with Gasteiger partial charge in [0.05, 0.1) is 12.5 Å². The van der Waals surface area contributed by atoms with Crippen LogP contribution in [0, 0.1) is 0 Å². The molecule has 0 amide bonds. The molecule has 0 radical (unpaired) electrons. The average Bonchev–Trinajstić information content (AvgIpc) is 2.30. The predicted octanol–water partition coefficient (Wildman–Crippen LogP) is 4.05. The molecule has 0 saturated heterocycles. The van der Waals surface area contributed by atoms with Crippen LogP contribution in [0.15, 0.2) is 23.1 Å². The molecule has 106 valence electrons. The highest BCUT2D eigenvalue weighted by Crippen LogP contribution is 2.38. The number of thioether (sulfide) groups is 1. The second kappa shape index (κ2) is 7.05. The lowest BCUT2D eigenvalue weighted by molar-refractivity contribution is -0.116. The van der Waals surface area contributed by atoms with Gasteiger partial charge in [-0.25, -0.2) is 0 Å². The van der Waals surface area contributed by atoms with Crippen molar-refractivity contribution in [1.29, 1.82) is 0 Å². The number of hydrogen-bond donors (Lipinski definition) is 0. The van der Waals surface area contributed by atoms with Crippen molar-refractivity contribution in [2.75, 3.05) is 12.5 Å². The van der Waals surface area contributed by atoms with E-state index >= 15 is 0 Å². The summed E-state index contributed by atoms with van der Waals surface area (Å²) in [6.45, 7) is 2.03. The summed E-state index contributed by atoms with van der Waals surface area (Å²) in [5.74, 6) is -0.0565. The summed E-state index contributed by atoms with van der Waals surface area (Å²) in [5.41, 5.74) is -3.81. The lowest BCUT2D eigenvalue weighted by Crippen LogP contribution is -2.07. The molecule has 1 aromatic rings. The number of hydrogen-bond acceptors (Lipinski definition) is 3. The van der Waals surface area contributed by atoms with E-state index in [1.54, 1.807) is 6.92 Å². The second-order valence-corrected chi connectivity index (χ2v) is 5.01. The zero-order valence-corrected chi connectivity index (χ0v) is 11.7. The Labute approximate surface area is 118 Å². The smallest absolute Gasteiger partial charge is 0.446 e. The van der Waals surface area contributed by atoms with E-state index in [1.807, 2.05) is 0 Å². The van der Waals surface area contributed by atoms with Gasteiger partial charge in [-0.2, -0.15) is 13.2 Å². The summed E-state index contributed by atoms with van der Waals surface area (Å²) in [6, 6.07) is 4.07. The van der Waals surface area contributed by atoms with E-state index in [2.05, 4.69) is 0 Å². The van der Waals surface area contributed by atoms with Gasteiger partial charge in [-0.1, -0.05) is 6.07 Å². The number of Topliss-reactive ketones (excluding diaryl/α,β-unsaturated/α-hetero) is 1. The molecule has 0 heterocycles. The van der Waals surface area contributed by atoms with Crippen molar-refractivity contribution in [3.05, 3.63) is 23.8 Å². The number of benzene rings is 1. The molecule has 1 aromatic carbocycles. The Balaban J connectivity index is 2.97. The third-order valence-electron chi connectivity index (χ3n) is 2.11. The van der Waals surface area contributed by atoms with Gasteiger partial charge in [0, 0.05) is 16.9 Å². The van der Waals surface area contributed by atoms with Crippen molar-refractivity contribution < 1.29 is 22.7 Å². The maximum atomic E-state index is 12.3. The molecule has 0 aromatic heterocycles. The van der Waals surface area contributed by atoms with Crippen LogP contribution < -0.4 is 4.74 Å². The van der Waals surface area contributed by atoms with E-state index in [4.69, 9.17) is 16.3 Å². The third-order valence-corrected chi connectivity index (χ3v) is 3.13. The van der Waals surface area contributed by atoms with Crippen LogP contribution in [0.1, 0.15) is 12.5 Å². The van der Waals surface area contributed by atoms with E-state index in [0.29, 0.717) is 12.2 Å². The molecule has 0 N–H and O–H groups in total. The molecule has 0 bridgehead atoms. The number of alkyl halides is 4. The van der Waals surface area contributed by atoms with Gasteiger partial charge in [0.25, 0.3) is 0 Å². The largest absolute Gasteiger partial charge is 0.494 e. The number of carbonyl (C=O) groups is 1. The number of ether oxygens (including phenoxy) is 1. The Hall–Kier alpha value is -0.880. The molecule has 0 unspecified atom stereocenters. The normalized spacial score (nSPS) is 11.4. The zero-order chi connectivity index (χ0) is 14.5. The van der Waals surface area contributed by atoms with Crippen molar-refractivity contribution >= 4 is 29.1 Å². The Morgan fingerprint density at radius 2 is 2.11 bits per heavy atom. The van der Waals surface area contributed by atoms with Gasteiger partial charge in [0.1, 0.15) is 5.75 Å². The maximum absolute atomic E-state index is 12.3. The molecule has 0 fully saturated rings. The fraction of sp³-hybridized carbons (Fsp3) is 0.417. The first-order chi connectivity index (χ1) is 8.85. The number of ketones is 1. The summed E-state index contributed by atoms with van der Waals surface area (Å²) >= 11 is 5.19. The molecule has 0 aliphatic rings. The highest BCUT2D eigenvalue weighted by atomic mass is 35.5. The fourth-order valence-corrected chi connectivity index (χ4v) is 2.09. The zero-order valence-electron chi connectivity index (χ0n) is 10.1. The van der Waals surface area contributed by atoms with Gasteiger partial charge >= 0.3 is 5.51 Å². The molecule has 2 nitrogen and oxygen atoms in total. The molecule has 0 atom stereocenters. The molecule has 0 aliphatic carbocycles. The van der Waals surface area contributed by atoms with Crippen molar-refractivity contribution in [1.82, 2.24) is 0 Å². The predicted molar refractivity (Wildman–Crippen MR) is 69.0 cm³/mol. The minimum Gasteiger partial charge on any atom is -0.494 e. The fourth-order valence-electron chi connectivity index (χ4n) is 1.43. The van der Waals surface area contributed by atoms with Crippen LogP contribution in [0.25, 0.3) is 0 Å². The van der Waals surface area contributed by atoms with Crippen molar-refractivity contribution in [3.8, 4) is 5.75 Å². The van der Waals surface area contributed by atoms with E-state index in [1.165, 1.54) is 18.2 Å². The van der Waals surface area contributed by atoms with Gasteiger partial charge in [-0.05, 0) is 30.8 Å². The van der Waals surface area contributed by atoms with Crippen LogP contribution in [0.4, 0.5) is 13.2 Å². The van der Waals surface area contributed by atoms with Crippen LogP contribution in [0.5, 0.6) is 5.75 Å². The molecule has 0 saturated carbocycles. The van der Waals surface area contributed by atoms with Crippen LogP contribution in [0.2, 0.25) is 0 Å². The SMILES string of the molecule is CCOc1cc(SC(F)(F)F)ccc1CC(=O)CCl. The topological polar surface area (TPSA) is 26.3 Å². The maximum Gasteiger partial charge on any atom is 0.446 e. The first-order valence-electron chi connectivity index (χ1n) is 5.45. The van der Waals surface area contributed by atoms with E-state index < -0.39 is 5.51 Å². The van der Waals surface area contributed by atoms with Crippen LogP contribution >= 0.6 is 23.4 Å². The first-order valence-corrected chi connectivity index (χ1v) is 6.80. The molecule has 1 rings (SSSR count). The van der Waals surface area contributed by atoms with E-state index in [9.17, 15) is 18.0 Å². The summed E-state index contributed by atoms with van der Waals surface area (Å²) in [7, 11) is 0. The standard InChI is InChI=1S/C12H12ClF3O2S/c1-2-18-11-6-10(19-12(14,15)16)4-3-8(11)5-9(17)7-13/h3-4,6H,2,5,7H2,1H3. The molecular weight excluding hydrogens is 301 g/mol. The van der Waals surface area contributed by atoms with Gasteiger partial charge in [0.2, 0.25) is 0 Å². The number of carbonyl (C=O) groups excluding carboxylic acids is 1. The minimum absolute atomic E-state index is 0.0259. The van der Waals surface area contributed by atoms with Gasteiger partial charge in [-0.15, -0.1) is 11.6 Å². The lowest BCUT2D eigenvalue weighted by atomic mass is 10.1. The van der Waals surface area contributed by atoms with Crippen molar-refractivity contribution in [2.24, 2.45) is 0 Å². The Kier molecular flexibility index (Phi) is 6.00. The third kappa shape index (κ3) is 5.74. The summed E-state index contributed by atoms with van der Waals surface area (Å²) in [6.07, 6.45) is 0.0514.